The smallest absolute Gasteiger partial charge is 0.248 e. The monoisotopic (exact) mass is 358 g/mol. The Labute approximate surface area is 146 Å². The van der Waals surface area contributed by atoms with Crippen LogP contribution in [0.1, 0.15) is 34.5 Å². The van der Waals surface area contributed by atoms with Crippen molar-refractivity contribution in [3.8, 4) is 0 Å². The molecule has 0 bridgehead atoms. The molecule has 1 atom stereocenters. The number of carbonyl (C=O) groups is 1. The number of benzene rings is 2. The molecule has 2 aromatic carbocycles. The number of halogens is 3. The summed E-state index contributed by atoms with van der Waals surface area (Å²) in [4.78, 5) is 11.0. The maximum absolute atomic E-state index is 11.0. The molecule has 0 heterocycles. The van der Waals surface area contributed by atoms with Gasteiger partial charge in [-0.2, -0.15) is 0 Å². The van der Waals surface area contributed by atoms with E-state index in [1.165, 1.54) is 0 Å². The number of hydrogen-bond acceptors (Lipinski definition) is 2. The second-order valence-electron chi connectivity index (χ2n) is 4.84. The first-order valence-corrected chi connectivity index (χ1v) is 7.30. The average molecular weight is 360 g/mol. The number of primary amides is 1. The molecule has 22 heavy (non-hydrogen) atoms. The molecule has 118 valence electrons. The number of amides is 1. The molecule has 6 heteroatoms. The third-order valence-corrected chi connectivity index (χ3v) is 4.03. The Hall–Kier alpha value is -1.26. The number of nitrogens with two attached hydrogens (primary N) is 1. The van der Waals surface area contributed by atoms with Crippen LogP contribution in [0.2, 0.25) is 10.0 Å². The van der Waals surface area contributed by atoms with Gasteiger partial charge in [-0.15, -0.1) is 12.4 Å². The van der Waals surface area contributed by atoms with Gasteiger partial charge in [0, 0.05) is 18.2 Å². The van der Waals surface area contributed by atoms with Gasteiger partial charge in [0.15, 0.2) is 0 Å². The molecule has 3 nitrogen and oxygen atoms in total. The van der Waals surface area contributed by atoms with E-state index in [2.05, 4.69) is 12.2 Å². The van der Waals surface area contributed by atoms with Gasteiger partial charge >= 0.3 is 0 Å². The lowest BCUT2D eigenvalue weighted by Crippen LogP contribution is -2.18. The normalized spacial score (nSPS) is 11.6. The Kier molecular flexibility index (Phi) is 7.17. The average Bonchev–Trinajstić information content (AvgIpc) is 2.48. The molecule has 0 fully saturated rings. The van der Waals surface area contributed by atoms with Gasteiger partial charge < -0.3 is 11.1 Å². The van der Waals surface area contributed by atoms with E-state index in [0.717, 1.165) is 11.1 Å². The van der Waals surface area contributed by atoms with Crippen molar-refractivity contribution in [1.29, 1.82) is 0 Å². The second-order valence-corrected chi connectivity index (χ2v) is 5.65. The maximum atomic E-state index is 11.0. The highest BCUT2D eigenvalue weighted by molar-refractivity contribution is 6.42. The molecule has 0 saturated heterocycles. The first-order chi connectivity index (χ1) is 9.97. The molecular formula is C16H17Cl3N2O. The summed E-state index contributed by atoms with van der Waals surface area (Å²) in [6.07, 6.45) is 0. The van der Waals surface area contributed by atoms with Gasteiger partial charge in [0.05, 0.1) is 10.0 Å². The fourth-order valence-electron chi connectivity index (χ4n) is 1.96. The lowest BCUT2D eigenvalue weighted by Gasteiger charge is -2.15. The van der Waals surface area contributed by atoms with Crippen LogP contribution in [-0.2, 0) is 6.54 Å². The third-order valence-electron chi connectivity index (χ3n) is 3.29. The summed E-state index contributed by atoms with van der Waals surface area (Å²) in [5, 5.41) is 4.49. The highest BCUT2D eigenvalue weighted by Crippen LogP contribution is 2.25. The van der Waals surface area contributed by atoms with E-state index >= 15 is 0 Å². The zero-order valence-corrected chi connectivity index (χ0v) is 14.3. The number of rotatable bonds is 5. The SMILES string of the molecule is CC(NCc1ccc(C(N)=O)cc1)c1ccc(Cl)c(Cl)c1.Cl. The van der Waals surface area contributed by atoms with Crippen LogP contribution in [-0.4, -0.2) is 5.91 Å². The van der Waals surface area contributed by atoms with Crippen LogP contribution >= 0.6 is 35.6 Å². The minimum atomic E-state index is -0.418. The first-order valence-electron chi connectivity index (χ1n) is 6.54. The Morgan fingerprint density at radius 2 is 1.77 bits per heavy atom. The van der Waals surface area contributed by atoms with Crippen LogP contribution < -0.4 is 11.1 Å². The minimum absolute atomic E-state index is 0. The van der Waals surface area contributed by atoms with E-state index in [9.17, 15) is 4.79 Å². The van der Waals surface area contributed by atoms with E-state index in [4.69, 9.17) is 28.9 Å². The summed E-state index contributed by atoms with van der Waals surface area (Å²) in [6, 6.07) is 12.9. The van der Waals surface area contributed by atoms with E-state index in [1.54, 1.807) is 18.2 Å². The van der Waals surface area contributed by atoms with Crippen LogP contribution in [0.3, 0.4) is 0 Å². The van der Waals surface area contributed by atoms with Gasteiger partial charge in [-0.25, -0.2) is 0 Å². The van der Waals surface area contributed by atoms with E-state index in [0.29, 0.717) is 22.2 Å². The highest BCUT2D eigenvalue weighted by atomic mass is 35.5. The molecule has 1 amide bonds. The van der Waals surface area contributed by atoms with Crippen molar-refractivity contribution >= 4 is 41.5 Å². The quantitative estimate of drug-likeness (QED) is 0.833. The van der Waals surface area contributed by atoms with Gasteiger partial charge in [0.25, 0.3) is 0 Å². The van der Waals surface area contributed by atoms with Crippen molar-refractivity contribution in [3.05, 3.63) is 69.2 Å². The molecule has 0 radical (unpaired) electrons. The van der Waals surface area contributed by atoms with Crippen molar-refractivity contribution in [2.75, 3.05) is 0 Å². The molecule has 2 aromatic rings. The Morgan fingerprint density at radius 1 is 1.14 bits per heavy atom. The topological polar surface area (TPSA) is 55.1 Å². The minimum Gasteiger partial charge on any atom is -0.366 e. The summed E-state index contributed by atoms with van der Waals surface area (Å²) in [7, 11) is 0. The first kappa shape index (κ1) is 18.8. The number of hydrogen-bond donors (Lipinski definition) is 2. The second kappa shape index (κ2) is 8.39. The lowest BCUT2D eigenvalue weighted by atomic mass is 10.1. The fraction of sp³-hybridized carbons (Fsp3) is 0.188. The number of nitrogens with one attached hydrogen (secondary N) is 1. The molecule has 0 aromatic heterocycles. The van der Waals surface area contributed by atoms with Gasteiger partial charge in [-0.05, 0) is 42.3 Å². The van der Waals surface area contributed by atoms with Crippen LogP contribution in [0.25, 0.3) is 0 Å². The maximum Gasteiger partial charge on any atom is 0.248 e. The van der Waals surface area contributed by atoms with Crippen LogP contribution in [0.5, 0.6) is 0 Å². The van der Waals surface area contributed by atoms with Gasteiger partial charge in [0.1, 0.15) is 0 Å². The van der Waals surface area contributed by atoms with Crippen molar-refractivity contribution in [1.82, 2.24) is 5.32 Å². The highest BCUT2D eigenvalue weighted by Gasteiger charge is 2.07. The number of carbonyl (C=O) groups excluding carboxylic acids is 1. The Balaban J connectivity index is 0.00000242. The fourth-order valence-corrected chi connectivity index (χ4v) is 2.26. The Bertz CT molecular complexity index is 644. The molecular weight excluding hydrogens is 343 g/mol. The van der Waals surface area contributed by atoms with Crippen molar-refractivity contribution in [2.24, 2.45) is 5.73 Å². The molecule has 0 aliphatic heterocycles. The molecule has 0 spiro atoms. The largest absolute Gasteiger partial charge is 0.366 e. The summed E-state index contributed by atoms with van der Waals surface area (Å²) in [5.41, 5.74) is 7.86. The summed E-state index contributed by atoms with van der Waals surface area (Å²) in [5.74, 6) is -0.418. The summed E-state index contributed by atoms with van der Waals surface area (Å²) < 4.78 is 0. The summed E-state index contributed by atoms with van der Waals surface area (Å²) >= 11 is 11.9. The van der Waals surface area contributed by atoms with Gasteiger partial charge in [0.2, 0.25) is 5.91 Å². The van der Waals surface area contributed by atoms with Crippen LogP contribution in [0, 0.1) is 0 Å². The molecule has 2 rings (SSSR count). The summed E-state index contributed by atoms with van der Waals surface area (Å²) in [6.45, 7) is 2.73. The van der Waals surface area contributed by atoms with E-state index in [-0.39, 0.29) is 18.4 Å². The predicted octanol–water partition coefficient (Wildman–Crippen LogP) is 4.36. The molecule has 0 saturated carbocycles. The van der Waals surface area contributed by atoms with E-state index < -0.39 is 5.91 Å². The van der Waals surface area contributed by atoms with E-state index in [1.807, 2.05) is 24.3 Å². The standard InChI is InChI=1S/C16H16Cl2N2O.ClH/c1-10(13-6-7-14(17)15(18)8-13)20-9-11-2-4-12(5-3-11)16(19)21;/h2-8,10,20H,9H2,1H3,(H2,19,21);1H. The lowest BCUT2D eigenvalue weighted by molar-refractivity contribution is 0.100. The molecule has 3 N–H and O–H groups in total. The zero-order valence-electron chi connectivity index (χ0n) is 12.0. The molecule has 1 unspecified atom stereocenters. The Morgan fingerprint density at radius 3 is 2.32 bits per heavy atom. The van der Waals surface area contributed by atoms with Crippen molar-refractivity contribution in [2.45, 2.75) is 19.5 Å². The van der Waals surface area contributed by atoms with Crippen molar-refractivity contribution in [3.63, 3.8) is 0 Å². The van der Waals surface area contributed by atoms with Gasteiger partial charge in [-0.3, -0.25) is 4.79 Å². The van der Waals surface area contributed by atoms with Crippen LogP contribution in [0.15, 0.2) is 42.5 Å². The predicted molar refractivity (Wildman–Crippen MR) is 93.9 cm³/mol. The zero-order chi connectivity index (χ0) is 15.4. The van der Waals surface area contributed by atoms with Gasteiger partial charge in [-0.1, -0.05) is 41.4 Å². The van der Waals surface area contributed by atoms with Crippen molar-refractivity contribution < 1.29 is 4.79 Å². The third kappa shape index (κ3) is 4.89. The molecule has 0 aliphatic carbocycles. The van der Waals surface area contributed by atoms with Crippen LogP contribution in [0.4, 0.5) is 0 Å². The molecule has 0 aliphatic rings.